The lowest BCUT2D eigenvalue weighted by molar-refractivity contribution is 1.22. The van der Waals surface area contributed by atoms with E-state index in [0.717, 1.165) is 29.2 Å². The van der Waals surface area contributed by atoms with E-state index in [0.29, 0.717) is 0 Å². The second-order valence-electron chi connectivity index (χ2n) is 2.52. The van der Waals surface area contributed by atoms with Crippen LogP contribution in [0.15, 0.2) is 24.2 Å². The predicted molar refractivity (Wildman–Crippen MR) is 74.9 cm³/mol. The summed E-state index contributed by atoms with van der Waals surface area (Å²) in [6.07, 6.45) is 0. The van der Waals surface area contributed by atoms with Crippen LogP contribution in [0.5, 0.6) is 0 Å². The lowest BCUT2D eigenvalue weighted by Crippen LogP contribution is -1.80. The molecule has 2 nitrogen and oxygen atoms in total. The zero-order valence-electron chi connectivity index (χ0n) is 6.36. The molecular formula is C7HBr5N2. The number of rotatable bonds is 0. The minimum Gasteiger partial charge on any atom is -0.252 e. The van der Waals surface area contributed by atoms with Gasteiger partial charge in [-0.05, 0) is 69.8 Å². The Hall–Kier alpha value is 1.09. The molecule has 0 spiro atoms. The lowest BCUT2D eigenvalue weighted by atomic mass is 10.3. The van der Waals surface area contributed by atoms with Gasteiger partial charge in [-0.15, -0.1) is 0 Å². The SMILES string of the molecule is Brc1cc2c(nc(Br)n2Br)c(Br)c1Br. The van der Waals surface area contributed by atoms with E-state index in [1.54, 1.807) is 3.59 Å². The number of hydrogen-bond donors (Lipinski definition) is 0. The molecular weight excluding hydrogens is 512 g/mol. The Balaban J connectivity index is 2.98. The summed E-state index contributed by atoms with van der Waals surface area (Å²) in [6.45, 7) is 0. The number of imidazole rings is 1. The van der Waals surface area contributed by atoms with Crippen molar-refractivity contribution in [1.29, 1.82) is 0 Å². The van der Waals surface area contributed by atoms with Gasteiger partial charge >= 0.3 is 0 Å². The van der Waals surface area contributed by atoms with Gasteiger partial charge in [-0.25, -0.2) is 4.98 Å². The molecule has 0 aliphatic rings. The Morgan fingerprint density at radius 3 is 2.36 bits per heavy atom. The van der Waals surface area contributed by atoms with E-state index < -0.39 is 0 Å². The van der Waals surface area contributed by atoms with E-state index >= 15 is 0 Å². The van der Waals surface area contributed by atoms with Crippen LogP contribution in [0.1, 0.15) is 0 Å². The third kappa shape index (κ3) is 1.75. The molecule has 0 saturated heterocycles. The molecule has 0 aliphatic heterocycles. The molecule has 2 aromatic rings. The minimum atomic E-state index is 0.734. The third-order valence-electron chi connectivity index (χ3n) is 1.69. The smallest absolute Gasteiger partial charge is 0.188 e. The van der Waals surface area contributed by atoms with Crippen molar-refractivity contribution in [3.8, 4) is 0 Å². The van der Waals surface area contributed by atoms with Crippen molar-refractivity contribution in [2.45, 2.75) is 0 Å². The average molecular weight is 513 g/mol. The second kappa shape index (κ2) is 4.16. The first-order valence-electron chi connectivity index (χ1n) is 3.40. The summed E-state index contributed by atoms with van der Waals surface area (Å²) in [7, 11) is 0. The maximum atomic E-state index is 4.35. The number of benzene rings is 1. The van der Waals surface area contributed by atoms with Gasteiger partial charge in [0.05, 0.1) is 26.1 Å². The monoisotopic (exact) mass is 508 g/mol. The van der Waals surface area contributed by atoms with Crippen LogP contribution in [-0.2, 0) is 0 Å². The van der Waals surface area contributed by atoms with Gasteiger partial charge in [0.2, 0.25) is 0 Å². The predicted octanol–water partition coefficient (Wildman–Crippen LogP) is 5.24. The van der Waals surface area contributed by atoms with E-state index in [2.05, 4.69) is 84.9 Å². The molecule has 0 N–H and O–H groups in total. The first-order chi connectivity index (χ1) is 6.52. The van der Waals surface area contributed by atoms with Gasteiger partial charge in [0.15, 0.2) is 4.73 Å². The van der Waals surface area contributed by atoms with Crippen LogP contribution >= 0.6 is 79.9 Å². The zero-order valence-corrected chi connectivity index (χ0v) is 14.3. The van der Waals surface area contributed by atoms with Gasteiger partial charge in [0.1, 0.15) is 5.52 Å². The van der Waals surface area contributed by atoms with E-state index in [9.17, 15) is 0 Å². The Morgan fingerprint density at radius 2 is 1.71 bits per heavy atom. The summed E-state index contributed by atoms with van der Waals surface area (Å²) in [5.41, 5.74) is 1.88. The van der Waals surface area contributed by atoms with Gasteiger partial charge in [0, 0.05) is 8.95 Å². The van der Waals surface area contributed by atoms with Gasteiger partial charge in [-0.2, -0.15) is 0 Å². The van der Waals surface area contributed by atoms with Crippen molar-refractivity contribution >= 4 is 90.9 Å². The van der Waals surface area contributed by atoms with Crippen molar-refractivity contribution in [1.82, 2.24) is 8.58 Å². The first-order valence-corrected chi connectivity index (χ1v) is 7.28. The zero-order chi connectivity index (χ0) is 10.5. The summed E-state index contributed by atoms with van der Waals surface area (Å²) < 4.78 is 5.40. The molecule has 1 heterocycles. The van der Waals surface area contributed by atoms with Crippen LogP contribution in [-0.4, -0.2) is 8.58 Å². The molecule has 0 saturated carbocycles. The maximum Gasteiger partial charge on any atom is 0.188 e. The molecule has 0 atom stereocenters. The largest absolute Gasteiger partial charge is 0.252 e. The van der Waals surface area contributed by atoms with Gasteiger partial charge in [0.25, 0.3) is 0 Å². The fourth-order valence-corrected chi connectivity index (χ4v) is 3.27. The van der Waals surface area contributed by atoms with Crippen LogP contribution in [0.25, 0.3) is 11.0 Å². The number of hydrogen-bond acceptors (Lipinski definition) is 1. The summed E-state index contributed by atoms with van der Waals surface area (Å²) in [5, 5.41) is 0. The first kappa shape index (κ1) is 11.6. The standard InChI is InChI=1S/C7HBr5N2/c8-2-1-3-6(5(10)4(2)9)13-7(11)14(3)12/h1H. The molecule has 0 fully saturated rings. The molecule has 0 bridgehead atoms. The molecule has 0 radical (unpaired) electrons. The fourth-order valence-electron chi connectivity index (χ4n) is 1.06. The van der Waals surface area contributed by atoms with Crippen molar-refractivity contribution in [2.75, 3.05) is 0 Å². The van der Waals surface area contributed by atoms with Crippen LogP contribution in [0.2, 0.25) is 0 Å². The summed E-state index contributed by atoms with van der Waals surface area (Å²) in [5.74, 6) is 0. The highest BCUT2D eigenvalue weighted by Gasteiger charge is 2.14. The van der Waals surface area contributed by atoms with Crippen molar-refractivity contribution < 1.29 is 0 Å². The molecule has 14 heavy (non-hydrogen) atoms. The summed E-state index contributed by atoms with van der Waals surface area (Å²) in [6, 6.07) is 1.98. The quantitative estimate of drug-likeness (QED) is 0.442. The molecule has 0 unspecified atom stereocenters. The van der Waals surface area contributed by atoms with Gasteiger partial charge < -0.3 is 0 Å². The summed E-state index contributed by atoms with van der Waals surface area (Å²) >= 11 is 17.1. The Kier molecular flexibility index (Phi) is 3.44. The molecule has 2 rings (SSSR count). The second-order valence-corrected chi connectivity index (χ2v) is 6.37. The van der Waals surface area contributed by atoms with Gasteiger partial charge in [-0.3, -0.25) is 3.59 Å². The lowest BCUT2D eigenvalue weighted by Gasteiger charge is -2.00. The minimum absolute atomic E-state index is 0.734. The Morgan fingerprint density at radius 1 is 1.07 bits per heavy atom. The topological polar surface area (TPSA) is 17.8 Å². The average Bonchev–Trinajstić information content (AvgIpc) is 2.42. The number of nitrogens with zero attached hydrogens (tertiary/aromatic N) is 2. The Bertz CT molecular complexity index is 519. The molecule has 0 amide bonds. The normalized spacial score (nSPS) is 11.2. The number of aromatic nitrogens is 2. The number of fused-ring (bicyclic) bond motifs is 1. The van der Waals surface area contributed by atoms with Crippen molar-refractivity contribution in [2.24, 2.45) is 0 Å². The highest BCUT2D eigenvalue weighted by molar-refractivity contribution is 9.14. The highest BCUT2D eigenvalue weighted by atomic mass is 79.9. The molecule has 1 aromatic heterocycles. The molecule has 7 heteroatoms. The molecule has 0 aliphatic carbocycles. The fraction of sp³-hybridized carbons (Fsp3) is 0. The molecule has 74 valence electrons. The van der Waals surface area contributed by atoms with Crippen LogP contribution in [0.3, 0.4) is 0 Å². The van der Waals surface area contributed by atoms with Crippen molar-refractivity contribution in [3.63, 3.8) is 0 Å². The van der Waals surface area contributed by atoms with Crippen LogP contribution < -0.4 is 0 Å². The third-order valence-corrected chi connectivity index (χ3v) is 6.71. The van der Waals surface area contributed by atoms with E-state index in [1.807, 2.05) is 6.07 Å². The summed E-state index contributed by atoms with van der Waals surface area (Å²) in [4.78, 5) is 4.35. The molecule has 1 aromatic carbocycles. The highest BCUT2D eigenvalue weighted by Crippen LogP contribution is 2.38. The van der Waals surface area contributed by atoms with E-state index in [4.69, 9.17) is 0 Å². The maximum absolute atomic E-state index is 4.35. The number of halogens is 5. The Labute approximate surface area is 122 Å². The van der Waals surface area contributed by atoms with Gasteiger partial charge in [-0.1, -0.05) is 0 Å². The van der Waals surface area contributed by atoms with E-state index in [1.165, 1.54) is 0 Å². The van der Waals surface area contributed by atoms with Crippen LogP contribution in [0, 0.1) is 0 Å². The van der Waals surface area contributed by atoms with Crippen molar-refractivity contribution in [3.05, 3.63) is 24.2 Å². The van der Waals surface area contributed by atoms with Crippen LogP contribution in [0.4, 0.5) is 0 Å². The van der Waals surface area contributed by atoms with E-state index in [-0.39, 0.29) is 0 Å².